The lowest BCUT2D eigenvalue weighted by Crippen LogP contribution is -2.50. The molecule has 3 aromatic heterocycles. The molecule has 10 heteroatoms. The number of aromatic nitrogens is 1. The first-order valence-electron chi connectivity index (χ1n) is 11.8. The topological polar surface area (TPSA) is 84.0 Å². The van der Waals surface area contributed by atoms with Gasteiger partial charge in [-0.15, -0.1) is 11.3 Å². The van der Waals surface area contributed by atoms with Crippen LogP contribution in [0.5, 0.6) is 0 Å². The lowest BCUT2D eigenvalue weighted by Gasteiger charge is -2.38. The van der Waals surface area contributed by atoms with Crippen molar-refractivity contribution in [1.29, 1.82) is 0 Å². The number of carboxylic acid groups (broad SMARTS) is 1. The van der Waals surface area contributed by atoms with Gasteiger partial charge in [-0.2, -0.15) is 11.3 Å². The minimum Gasteiger partial charge on any atom is -0.481 e. The Morgan fingerprint density at radius 3 is 2.50 bits per heavy atom. The number of aliphatic carboxylic acids is 1. The number of rotatable bonds is 6. The fraction of sp³-hybridized carbons (Fsp3) is 0.143. The molecule has 0 radical (unpaired) electrons. The van der Waals surface area contributed by atoms with Gasteiger partial charge in [0.1, 0.15) is 0 Å². The second kappa shape index (κ2) is 9.13. The Balaban J connectivity index is 1.63. The number of carboxylic acids is 1. The zero-order valence-corrected chi connectivity index (χ0v) is 22.6. The third-order valence-corrected chi connectivity index (χ3v) is 10.3. The van der Waals surface area contributed by atoms with E-state index < -0.39 is 21.9 Å². The summed E-state index contributed by atoms with van der Waals surface area (Å²) in [6.45, 7) is 10.4. The maximum absolute atomic E-state index is 14.2. The smallest absolute Gasteiger partial charge is 0.310 e. The maximum Gasteiger partial charge on any atom is 0.310 e. The largest absolute Gasteiger partial charge is 0.481 e. The molecule has 0 aliphatic carbocycles. The van der Waals surface area contributed by atoms with Crippen LogP contribution in [0.3, 0.4) is 0 Å². The highest BCUT2D eigenvalue weighted by Crippen LogP contribution is 2.49. The Morgan fingerprint density at radius 2 is 1.79 bits per heavy atom. The molecule has 0 unspecified atom stereocenters. The summed E-state index contributed by atoms with van der Waals surface area (Å²) in [6.07, 6.45) is 0. The van der Waals surface area contributed by atoms with Gasteiger partial charge in [0, 0.05) is 35.5 Å². The summed E-state index contributed by atoms with van der Waals surface area (Å²) in [7, 11) is -4.01. The van der Waals surface area contributed by atoms with Gasteiger partial charge >= 0.3 is 5.97 Å². The predicted molar refractivity (Wildman–Crippen MR) is 152 cm³/mol. The van der Waals surface area contributed by atoms with Gasteiger partial charge in [-0.25, -0.2) is 17.2 Å². The third kappa shape index (κ3) is 3.82. The Morgan fingerprint density at radius 1 is 1.05 bits per heavy atom. The summed E-state index contributed by atoms with van der Waals surface area (Å²) in [5.74, 6) is -1.24. The van der Waals surface area contributed by atoms with E-state index in [2.05, 4.69) is 4.85 Å². The minimum absolute atomic E-state index is 0.179. The van der Waals surface area contributed by atoms with E-state index in [0.717, 1.165) is 16.0 Å². The summed E-state index contributed by atoms with van der Waals surface area (Å²) in [5.41, 5.74) is 4.92. The molecule has 1 aliphatic rings. The molecule has 1 N–H and O–H groups in total. The van der Waals surface area contributed by atoms with Crippen molar-refractivity contribution in [3.63, 3.8) is 0 Å². The number of aryl methyl sites for hydroxylation is 1. The molecule has 38 heavy (non-hydrogen) atoms. The van der Waals surface area contributed by atoms with Crippen molar-refractivity contribution in [2.24, 2.45) is 5.92 Å². The maximum atomic E-state index is 14.2. The van der Waals surface area contributed by atoms with E-state index in [1.807, 2.05) is 52.9 Å². The van der Waals surface area contributed by atoms with Gasteiger partial charge in [0.15, 0.2) is 0 Å². The van der Waals surface area contributed by atoms with Crippen LogP contribution in [0.4, 0.5) is 10.7 Å². The van der Waals surface area contributed by atoms with Crippen LogP contribution in [-0.4, -0.2) is 36.6 Å². The second-order valence-corrected chi connectivity index (χ2v) is 12.8. The average molecular weight is 560 g/mol. The molecular formula is C28H21N3O4S3. The number of benzene rings is 2. The van der Waals surface area contributed by atoms with Crippen LogP contribution in [0.25, 0.3) is 37.4 Å². The quantitative estimate of drug-likeness (QED) is 0.234. The Kier molecular flexibility index (Phi) is 5.87. The second-order valence-electron chi connectivity index (χ2n) is 9.18. The summed E-state index contributed by atoms with van der Waals surface area (Å²) < 4.78 is 30.6. The molecule has 0 atom stereocenters. The molecule has 6 rings (SSSR count). The summed E-state index contributed by atoms with van der Waals surface area (Å²) in [6, 6.07) is 18.0. The molecular weight excluding hydrogens is 539 g/mol. The Hall–Kier alpha value is -3.91. The first-order chi connectivity index (χ1) is 18.3. The van der Waals surface area contributed by atoms with Gasteiger partial charge < -0.3 is 10.0 Å². The lowest BCUT2D eigenvalue weighted by atomic mass is 9.98. The van der Waals surface area contributed by atoms with Crippen molar-refractivity contribution < 1.29 is 18.3 Å². The lowest BCUT2D eigenvalue weighted by molar-refractivity contribution is -0.142. The van der Waals surface area contributed by atoms with Crippen LogP contribution < -0.4 is 4.90 Å². The van der Waals surface area contributed by atoms with E-state index in [4.69, 9.17) is 6.57 Å². The molecule has 1 aliphatic heterocycles. The van der Waals surface area contributed by atoms with Gasteiger partial charge in [0.05, 0.1) is 33.3 Å². The fourth-order valence-electron chi connectivity index (χ4n) is 4.83. The van der Waals surface area contributed by atoms with Crippen LogP contribution in [0.2, 0.25) is 0 Å². The van der Waals surface area contributed by atoms with Crippen LogP contribution in [0.1, 0.15) is 5.56 Å². The molecule has 0 saturated carbocycles. The molecule has 1 saturated heterocycles. The molecule has 190 valence electrons. The molecule has 1 fully saturated rings. The highest BCUT2D eigenvalue weighted by atomic mass is 32.2. The summed E-state index contributed by atoms with van der Waals surface area (Å²) >= 11 is 2.77. The van der Waals surface area contributed by atoms with Crippen molar-refractivity contribution in [3.8, 4) is 22.4 Å². The number of hydrogen-bond acceptors (Lipinski definition) is 6. The minimum atomic E-state index is -4.01. The first-order valence-corrected chi connectivity index (χ1v) is 15.0. The van der Waals surface area contributed by atoms with Crippen molar-refractivity contribution in [3.05, 3.63) is 88.4 Å². The van der Waals surface area contributed by atoms with Gasteiger partial charge in [0.2, 0.25) is 5.00 Å². The number of thiophene rings is 2. The number of carbonyl (C=O) groups is 1. The van der Waals surface area contributed by atoms with Crippen LogP contribution >= 0.6 is 22.7 Å². The van der Waals surface area contributed by atoms with Crippen LogP contribution in [0, 0.1) is 19.4 Å². The van der Waals surface area contributed by atoms with Gasteiger partial charge in [0.25, 0.3) is 10.0 Å². The third-order valence-electron chi connectivity index (χ3n) is 6.82. The first kappa shape index (κ1) is 24.4. The van der Waals surface area contributed by atoms with E-state index in [0.29, 0.717) is 46.0 Å². The standard InChI is InChI=1S/C28H21N3O4S3/c1-17-6-8-21(9-7-17)38(34,35)31-23-11-13-36-26(23)24(22-10-12-37-27(22)29-2)25(31)18-4-3-5-20(14-18)30-15-19(16-30)28(32)33/h3-14,19H,15-16H2,1H3,(H,32,33). The number of nitrogens with zero attached hydrogens (tertiary/aromatic N) is 3. The van der Waals surface area contributed by atoms with Crippen molar-refractivity contribution >= 4 is 59.6 Å². The predicted octanol–water partition coefficient (Wildman–Crippen LogP) is 6.72. The monoisotopic (exact) mass is 559 g/mol. The normalized spacial score (nSPS) is 13.9. The van der Waals surface area contributed by atoms with E-state index >= 15 is 0 Å². The molecule has 0 amide bonds. The Labute approximate surface area is 227 Å². The number of anilines is 1. The van der Waals surface area contributed by atoms with E-state index in [1.54, 1.807) is 30.3 Å². The molecule has 4 heterocycles. The molecule has 2 aromatic carbocycles. The van der Waals surface area contributed by atoms with Crippen LogP contribution in [0.15, 0.2) is 76.3 Å². The molecule has 0 bridgehead atoms. The average Bonchev–Trinajstić information content (AvgIpc) is 3.58. The fourth-order valence-corrected chi connectivity index (χ4v) is 8.05. The van der Waals surface area contributed by atoms with Crippen molar-refractivity contribution in [1.82, 2.24) is 3.97 Å². The summed E-state index contributed by atoms with van der Waals surface area (Å²) in [5, 5.41) is 13.5. The number of hydrogen-bond donors (Lipinski definition) is 1. The van der Waals surface area contributed by atoms with E-state index in [1.165, 1.54) is 26.6 Å². The highest BCUT2D eigenvalue weighted by molar-refractivity contribution is 7.90. The molecule has 5 aromatic rings. The van der Waals surface area contributed by atoms with Crippen molar-refractivity contribution in [2.75, 3.05) is 18.0 Å². The zero-order valence-electron chi connectivity index (χ0n) is 20.2. The van der Waals surface area contributed by atoms with Gasteiger partial charge in [-0.3, -0.25) is 4.79 Å². The van der Waals surface area contributed by atoms with Gasteiger partial charge in [-0.05, 0) is 48.0 Å². The van der Waals surface area contributed by atoms with Gasteiger partial charge in [-0.1, -0.05) is 35.9 Å². The molecule has 0 spiro atoms. The molecule has 7 nitrogen and oxygen atoms in total. The van der Waals surface area contributed by atoms with Crippen molar-refractivity contribution in [2.45, 2.75) is 11.8 Å². The summed E-state index contributed by atoms with van der Waals surface area (Å²) in [4.78, 5) is 17.2. The SMILES string of the molecule is [C-]#[N+]c1sccc1-c1c(-c2cccc(N3CC(C(=O)O)C3)c2)n(S(=O)(=O)c2ccc(C)cc2)c2ccsc12. The number of fused-ring (bicyclic) bond motifs is 1. The van der Waals surface area contributed by atoms with E-state index in [-0.39, 0.29) is 4.90 Å². The Bertz CT molecular complexity index is 1850. The van der Waals surface area contributed by atoms with E-state index in [9.17, 15) is 18.3 Å². The zero-order chi connectivity index (χ0) is 26.6. The van der Waals surface area contributed by atoms with Crippen LogP contribution in [-0.2, 0) is 14.8 Å². The highest BCUT2D eigenvalue weighted by Gasteiger charge is 2.34.